The molecular formula is C18H22N2O2. The van der Waals surface area contributed by atoms with E-state index >= 15 is 0 Å². The molecule has 1 atom stereocenters. The number of nitrogens with two attached hydrogens (primary N) is 1. The normalized spacial score (nSPS) is 11.8. The van der Waals surface area contributed by atoms with Crippen LogP contribution in [0.2, 0.25) is 0 Å². The van der Waals surface area contributed by atoms with Crippen molar-refractivity contribution in [2.75, 3.05) is 11.9 Å². The Morgan fingerprint density at radius 2 is 2.00 bits per heavy atom. The summed E-state index contributed by atoms with van der Waals surface area (Å²) >= 11 is 0. The summed E-state index contributed by atoms with van der Waals surface area (Å²) in [5.74, 6) is 0.426. The molecule has 0 saturated heterocycles. The molecule has 0 aromatic heterocycles. The number of rotatable bonds is 6. The summed E-state index contributed by atoms with van der Waals surface area (Å²) < 4.78 is 5.78. The van der Waals surface area contributed by atoms with Gasteiger partial charge in [0.2, 0.25) is 5.91 Å². The van der Waals surface area contributed by atoms with E-state index < -0.39 is 0 Å². The van der Waals surface area contributed by atoms with Crippen molar-refractivity contribution in [2.24, 2.45) is 11.7 Å². The van der Waals surface area contributed by atoms with E-state index in [4.69, 9.17) is 10.5 Å². The highest BCUT2D eigenvalue weighted by molar-refractivity contribution is 5.92. The smallest absolute Gasteiger partial charge is 0.228 e. The molecule has 1 amide bonds. The van der Waals surface area contributed by atoms with Crippen LogP contribution in [-0.4, -0.2) is 12.5 Å². The Kier molecular flexibility index (Phi) is 5.55. The van der Waals surface area contributed by atoms with Gasteiger partial charge in [0, 0.05) is 24.2 Å². The fourth-order valence-corrected chi connectivity index (χ4v) is 2.00. The van der Waals surface area contributed by atoms with Crippen molar-refractivity contribution in [3.63, 3.8) is 0 Å². The molecule has 4 nitrogen and oxygen atoms in total. The predicted molar refractivity (Wildman–Crippen MR) is 88.8 cm³/mol. The number of amides is 1. The van der Waals surface area contributed by atoms with Crippen LogP contribution in [0.4, 0.5) is 5.69 Å². The molecule has 2 aromatic carbocycles. The van der Waals surface area contributed by atoms with Crippen LogP contribution in [0, 0.1) is 12.8 Å². The minimum Gasteiger partial charge on any atom is -0.489 e. The number of ether oxygens (including phenoxy) is 1. The van der Waals surface area contributed by atoms with Crippen LogP contribution >= 0.6 is 0 Å². The number of benzene rings is 2. The minimum absolute atomic E-state index is 0.0849. The second-order valence-corrected chi connectivity index (χ2v) is 5.43. The van der Waals surface area contributed by atoms with Gasteiger partial charge in [0.1, 0.15) is 12.4 Å². The molecule has 22 heavy (non-hydrogen) atoms. The molecule has 0 aliphatic carbocycles. The number of hydrogen-bond acceptors (Lipinski definition) is 3. The highest BCUT2D eigenvalue weighted by Crippen LogP contribution is 2.19. The fourth-order valence-electron chi connectivity index (χ4n) is 2.00. The molecule has 0 aliphatic heterocycles. The van der Waals surface area contributed by atoms with Crippen molar-refractivity contribution in [3.05, 3.63) is 59.7 Å². The lowest BCUT2D eigenvalue weighted by Gasteiger charge is -2.12. The minimum atomic E-state index is -0.211. The first kappa shape index (κ1) is 16.0. The monoisotopic (exact) mass is 298 g/mol. The van der Waals surface area contributed by atoms with Gasteiger partial charge in [-0.15, -0.1) is 0 Å². The van der Waals surface area contributed by atoms with Gasteiger partial charge in [-0.05, 0) is 24.6 Å². The average Bonchev–Trinajstić information content (AvgIpc) is 2.52. The van der Waals surface area contributed by atoms with Gasteiger partial charge >= 0.3 is 0 Å². The molecule has 2 rings (SSSR count). The molecule has 0 saturated carbocycles. The fraction of sp³-hybridized carbons (Fsp3) is 0.278. The maximum absolute atomic E-state index is 11.8. The average molecular weight is 298 g/mol. The van der Waals surface area contributed by atoms with E-state index in [0.717, 1.165) is 11.3 Å². The first-order valence-electron chi connectivity index (χ1n) is 7.38. The Morgan fingerprint density at radius 1 is 1.23 bits per heavy atom. The Morgan fingerprint density at radius 3 is 2.73 bits per heavy atom. The Labute approximate surface area is 131 Å². The van der Waals surface area contributed by atoms with Gasteiger partial charge in [0.25, 0.3) is 0 Å². The summed E-state index contributed by atoms with van der Waals surface area (Å²) in [4.78, 5) is 11.8. The Bertz CT molecular complexity index is 640. The molecular weight excluding hydrogens is 276 g/mol. The van der Waals surface area contributed by atoms with Gasteiger partial charge in [0.05, 0.1) is 0 Å². The zero-order valence-electron chi connectivity index (χ0n) is 13.0. The molecule has 0 spiro atoms. The second kappa shape index (κ2) is 7.61. The number of carbonyl (C=O) groups excluding carboxylic acids is 1. The second-order valence-electron chi connectivity index (χ2n) is 5.43. The highest BCUT2D eigenvalue weighted by atomic mass is 16.5. The van der Waals surface area contributed by atoms with Crippen LogP contribution in [0.15, 0.2) is 48.5 Å². The van der Waals surface area contributed by atoms with E-state index in [9.17, 15) is 4.79 Å². The molecule has 2 aromatic rings. The summed E-state index contributed by atoms with van der Waals surface area (Å²) in [5.41, 5.74) is 8.53. The molecule has 0 bridgehead atoms. The van der Waals surface area contributed by atoms with Crippen LogP contribution in [0.3, 0.4) is 0 Å². The Hall–Kier alpha value is -2.33. The summed E-state index contributed by atoms with van der Waals surface area (Å²) in [6.07, 6.45) is 0. The summed E-state index contributed by atoms with van der Waals surface area (Å²) in [7, 11) is 0. The zero-order chi connectivity index (χ0) is 15.9. The van der Waals surface area contributed by atoms with E-state index in [0.29, 0.717) is 18.8 Å². The molecule has 0 radical (unpaired) electrons. The van der Waals surface area contributed by atoms with Gasteiger partial charge in [-0.3, -0.25) is 4.79 Å². The SMILES string of the molecule is Cc1cccc(COc2cccc(NC(=O)C(C)CN)c2)c1. The number of aryl methyl sites for hydroxylation is 1. The summed E-state index contributed by atoms with van der Waals surface area (Å²) in [6.45, 7) is 4.68. The predicted octanol–water partition coefficient (Wildman–Crippen LogP) is 3.11. The van der Waals surface area contributed by atoms with Crippen molar-refractivity contribution in [1.29, 1.82) is 0 Å². The quantitative estimate of drug-likeness (QED) is 0.861. The van der Waals surface area contributed by atoms with E-state index in [1.807, 2.05) is 36.4 Å². The third-order valence-corrected chi connectivity index (χ3v) is 3.39. The van der Waals surface area contributed by atoms with Crippen LogP contribution < -0.4 is 15.8 Å². The Balaban J connectivity index is 1.98. The lowest BCUT2D eigenvalue weighted by molar-refractivity contribution is -0.119. The van der Waals surface area contributed by atoms with Crippen LogP contribution in [0.25, 0.3) is 0 Å². The lowest BCUT2D eigenvalue weighted by Crippen LogP contribution is -2.26. The summed E-state index contributed by atoms with van der Waals surface area (Å²) in [5, 5.41) is 2.84. The molecule has 116 valence electrons. The first-order valence-corrected chi connectivity index (χ1v) is 7.38. The number of hydrogen-bond donors (Lipinski definition) is 2. The van der Waals surface area contributed by atoms with E-state index in [-0.39, 0.29) is 11.8 Å². The maximum Gasteiger partial charge on any atom is 0.228 e. The highest BCUT2D eigenvalue weighted by Gasteiger charge is 2.11. The van der Waals surface area contributed by atoms with Gasteiger partial charge in [-0.2, -0.15) is 0 Å². The topological polar surface area (TPSA) is 64.3 Å². The third kappa shape index (κ3) is 4.60. The molecule has 3 N–H and O–H groups in total. The number of anilines is 1. The van der Waals surface area contributed by atoms with Crippen molar-refractivity contribution in [1.82, 2.24) is 0 Å². The van der Waals surface area contributed by atoms with E-state index in [1.165, 1.54) is 5.56 Å². The van der Waals surface area contributed by atoms with Crippen LogP contribution in [0.5, 0.6) is 5.75 Å². The summed E-state index contributed by atoms with van der Waals surface area (Å²) in [6, 6.07) is 15.6. The van der Waals surface area contributed by atoms with E-state index in [2.05, 4.69) is 24.4 Å². The molecule has 1 unspecified atom stereocenters. The largest absolute Gasteiger partial charge is 0.489 e. The van der Waals surface area contributed by atoms with Crippen molar-refractivity contribution < 1.29 is 9.53 Å². The number of carbonyl (C=O) groups is 1. The molecule has 4 heteroatoms. The third-order valence-electron chi connectivity index (χ3n) is 3.39. The van der Waals surface area contributed by atoms with E-state index in [1.54, 1.807) is 6.92 Å². The van der Waals surface area contributed by atoms with Crippen molar-refractivity contribution in [3.8, 4) is 5.75 Å². The zero-order valence-corrected chi connectivity index (χ0v) is 13.0. The van der Waals surface area contributed by atoms with Crippen LogP contribution in [0.1, 0.15) is 18.1 Å². The molecule has 0 fully saturated rings. The molecule has 0 aliphatic rings. The molecule has 0 heterocycles. The maximum atomic E-state index is 11.8. The van der Waals surface area contributed by atoms with Gasteiger partial charge < -0.3 is 15.8 Å². The van der Waals surface area contributed by atoms with Crippen LogP contribution in [-0.2, 0) is 11.4 Å². The standard InChI is InChI=1S/C18H22N2O2/c1-13-5-3-6-15(9-13)12-22-17-8-4-7-16(10-17)20-18(21)14(2)11-19/h3-10,14H,11-12,19H2,1-2H3,(H,20,21). The van der Waals surface area contributed by atoms with Gasteiger partial charge in [0.15, 0.2) is 0 Å². The van der Waals surface area contributed by atoms with Gasteiger partial charge in [-0.1, -0.05) is 42.8 Å². The van der Waals surface area contributed by atoms with Crippen molar-refractivity contribution in [2.45, 2.75) is 20.5 Å². The van der Waals surface area contributed by atoms with Gasteiger partial charge in [-0.25, -0.2) is 0 Å². The van der Waals surface area contributed by atoms with Crippen molar-refractivity contribution >= 4 is 11.6 Å². The number of nitrogens with one attached hydrogen (secondary N) is 1. The lowest BCUT2D eigenvalue weighted by atomic mass is 10.1. The first-order chi connectivity index (χ1) is 10.6.